The molecule has 0 aromatic heterocycles. The zero-order chi connectivity index (χ0) is 8.69. The van der Waals surface area contributed by atoms with Crippen LogP contribution in [0.4, 0.5) is 0 Å². The molecule has 0 saturated carbocycles. The van der Waals surface area contributed by atoms with Crippen molar-refractivity contribution in [3.8, 4) is 0 Å². The van der Waals surface area contributed by atoms with Crippen LogP contribution in [0.2, 0.25) is 0 Å². The van der Waals surface area contributed by atoms with Gasteiger partial charge in [0.05, 0.1) is 19.8 Å². The summed E-state index contributed by atoms with van der Waals surface area (Å²) in [5, 5.41) is 26.2. The lowest BCUT2D eigenvalue weighted by Gasteiger charge is -2.14. The van der Waals surface area contributed by atoms with Gasteiger partial charge in [0.1, 0.15) is 12.2 Å². The minimum atomic E-state index is -1.13. The smallest absolute Gasteiger partial charge is 0.105 e. The molecule has 0 aliphatic carbocycles. The fraction of sp³-hybridized carbons (Fsp3) is 0.714. The van der Waals surface area contributed by atoms with Crippen LogP contribution in [-0.2, 0) is 4.74 Å². The van der Waals surface area contributed by atoms with E-state index in [1.54, 1.807) is 0 Å². The van der Waals surface area contributed by atoms with E-state index >= 15 is 0 Å². The fourth-order valence-electron chi connectivity index (χ4n) is 0.505. The maximum absolute atomic E-state index is 8.98. The molecule has 0 unspecified atom stereocenters. The highest BCUT2D eigenvalue weighted by Crippen LogP contribution is 1.92. The van der Waals surface area contributed by atoms with E-state index in [9.17, 15) is 0 Å². The average Bonchev–Trinajstić information content (AvgIpc) is 2.03. The van der Waals surface area contributed by atoms with Crippen LogP contribution in [0.25, 0.3) is 0 Å². The van der Waals surface area contributed by atoms with Gasteiger partial charge in [-0.25, -0.2) is 0 Å². The highest BCUT2D eigenvalue weighted by Gasteiger charge is 2.14. The lowest BCUT2D eigenvalue weighted by molar-refractivity contribution is -0.0526. The molecule has 0 bridgehead atoms. The van der Waals surface area contributed by atoms with Gasteiger partial charge in [0, 0.05) is 0 Å². The summed E-state index contributed by atoms with van der Waals surface area (Å²) in [4.78, 5) is 0. The van der Waals surface area contributed by atoms with Crippen LogP contribution in [0.15, 0.2) is 12.7 Å². The zero-order valence-electron chi connectivity index (χ0n) is 6.31. The summed E-state index contributed by atoms with van der Waals surface area (Å²) in [6, 6.07) is 0. The van der Waals surface area contributed by atoms with E-state index in [0.29, 0.717) is 6.61 Å². The summed E-state index contributed by atoms with van der Waals surface area (Å²) in [5.41, 5.74) is 0. The van der Waals surface area contributed by atoms with Crippen molar-refractivity contribution in [2.45, 2.75) is 12.2 Å². The summed E-state index contributed by atoms with van der Waals surface area (Å²) in [7, 11) is 0. The van der Waals surface area contributed by atoms with E-state index in [-0.39, 0.29) is 6.61 Å². The highest BCUT2D eigenvalue weighted by atomic mass is 16.5. The van der Waals surface area contributed by atoms with Crippen LogP contribution >= 0.6 is 0 Å². The monoisotopic (exact) mass is 162 g/mol. The second-order valence-corrected chi connectivity index (χ2v) is 2.14. The molecular formula is C7H14O4. The normalized spacial score (nSPS) is 15.9. The van der Waals surface area contributed by atoms with Crippen molar-refractivity contribution in [2.75, 3.05) is 19.8 Å². The Labute approximate surface area is 65.7 Å². The molecule has 2 atom stereocenters. The maximum Gasteiger partial charge on any atom is 0.105 e. The molecule has 11 heavy (non-hydrogen) atoms. The van der Waals surface area contributed by atoms with Gasteiger partial charge >= 0.3 is 0 Å². The van der Waals surface area contributed by atoms with Crippen molar-refractivity contribution in [2.24, 2.45) is 0 Å². The molecular weight excluding hydrogens is 148 g/mol. The Morgan fingerprint density at radius 1 is 1.36 bits per heavy atom. The SMILES string of the molecule is C=CCOC[C@H](O)[C@H](O)CO. The van der Waals surface area contributed by atoms with E-state index in [4.69, 9.17) is 20.1 Å². The second-order valence-electron chi connectivity index (χ2n) is 2.14. The Hall–Kier alpha value is -0.420. The van der Waals surface area contributed by atoms with Crippen LogP contribution in [-0.4, -0.2) is 47.3 Å². The Morgan fingerprint density at radius 3 is 2.45 bits per heavy atom. The highest BCUT2D eigenvalue weighted by molar-refractivity contribution is 4.68. The predicted molar refractivity (Wildman–Crippen MR) is 40.1 cm³/mol. The first kappa shape index (κ1) is 10.6. The molecule has 0 rings (SSSR count). The van der Waals surface area contributed by atoms with Gasteiger partial charge in [-0.2, -0.15) is 0 Å². The van der Waals surface area contributed by atoms with Crippen molar-refractivity contribution < 1.29 is 20.1 Å². The number of hydrogen-bond acceptors (Lipinski definition) is 4. The van der Waals surface area contributed by atoms with Gasteiger partial charge < -0.3 is 20.1 Å². The van der Waals surface area contributed by atoms with Crippen LogP contribution in [0.3, 0.4) is 0 Å². The molecule has 0 saturated heterocycles. The molecule has 0 aliphatic rings. The van der Waals surface area contributed by atoms with Crippen molar-refractivity contribution in [1.82, 2.24) is 0 Å². The number of ether oxygens (including phenoxy) is 1. The van der Waals surface area contributed by atoms with Gasteiger partial charge in [-0.1, -0.05) is 6.08 Å². The lowest BCUT2D eigenvalue weighted by atomic mass is 10.2. The van der Waals surface area contributed by atoms with Gasteiger partial charge in [0.2, 0.25) is 0 Å². The first-order valence-electron chi connectivity index (χ1n) is 3.38. The van der Waals surface area contributed by atoms with Gasteiger partial charge in [-0.15, -0.1) is 6.58 Å². The molecule has 0 amide bonds. The third kappa shape index (κ3) is 4.92. The molecule has 0 fully saturated rings. The minimum Gasteiger partial charge on any atom is -0.394 e. The van der Waals surface area contributed by atoms with Crippen molar-refractivity contribution in [3.05, 3.63) is 12.7 Å². The number of hydrogen-bond donors (Lipinski definition) is 3. The first-order valence-corrected chi connectivity index (χ1v) is 3.38. The third-order valence-electron chi connectivity index (χ3n) is 1.16. The van der Waals surface area contributed by atoms with Gasteiger partial charge in [0.15, 0.2) is 0 Å². The molecule has 4 nitrogen and oxygen atoms in total. The van der Waals surface area contributed by atoms with Crippen molar-refractivity contribution >= 4 is 0 Å². The van der Waals surface area contributed by atoms with Crippen molar-refractivity contribution in [1.29, 1.82) is 0 Å². The maximum atomic E-state index is 8.98. The Kier molecular flexibility index (Phi) is 6.06. The molecule has 0 aromatic carbocycles. The summed E-state index contributed by atoms with van der Waals surface area (Å²) in [6.45, 7) is 3.28. The Bertz CT molecular complexity index is 105. The number of aliphatic hydroxyl groups excluding tert-OH is 3. The third-order valence-corrected chi connectivity index (χ3v) is 1.16. The average molecular weight is 162 g/mol. The van der Waals surface area contributed by atoms with Crippen molar-refractivity contribution in [3.63, 3.8) is 0 Å². The zero-order valence-corrected chi connectivity index (χ0v) is 6.31. The first-order chi connectivity index (χ1) is 5.22. The minimum absolute atomic E-state index is 0.00769. The van der Waals surface area contributed by atoms with Gasteiger partial charge in [-0.3, -0.25) is 0 Å². The molecule has 3 N–H and O–H groups in total. The second kappa shape index (κ2) is 6.30. The summed E-state index contributed by atoms with van der Waals surface area (Å²) >= 11 is 0. The van der Waals surface area contributed by atoms with Crippen LogP contribution in [0, 0.1) is 0 Å². The van der Waals surface area contributed by atoms with E-state index in [1.165, 1.54) is 6.08 Å². The van der Waals surface area contributed by atoms with E-state index < -0.39 is 18.8 Å². The summed E-state index contributed by atoms with van der Waals surface area (Å²) < 4.78 is 4.83. The largest absolute Gasteiger partial charge is 0.394 e. The van der Waals surface area contributed by atoms with Crippen LogP contribution < -0.4 is 0 Å². The molecule has 4 heteroatoms. The quantitative estimate of drug-likeness (QED) is 0.342. The summed E-state index contributed by atoms with van der Waals surface area (Å²) in [6.07, 6.45) is -0.613. The molecule has 66 valence electrons. The Balaban J connectivity index is 3.34. The van der Waals surface area contributed by atoms with E-state index in [0.717, 1.165) is 0 Å². The molecule has 0 aromatic rings. The van der Waals surface area contributed by atoms with Crippen LogP contribution in [0.1, 0.15) is 0 Å². The predicted octanol–water partition coefficient (Wildman–Crippen LogP) is -1.10. The molecule has 0 radical (unpaired) electrons. The van der Waals surface area contributed by atoms with Crippen LogP contribution in [0.5, 0.6) is 0 Å². The van der Waals surface area contributed by atoms with Gasteiger partial charge in [-0.05, 0) is 0 Å². The lowest BCUT2D eigenvalue weighted by Crippen LogP contribution is -2.33. The molecule has 0 heterocycles. The molecule has 0 spiro atoms. The summed E-state index contributed by atoms with van der Waals surface area (Å²) in [5.74, 6) is 0. The number of aliphatic hydroxyl groups is 3. The number of rotatable bonds is 6. The molecule has 0 aliphatic heterocycles. The standard InChI is InChI=1S/C7H14O4/c1-2-3-11-5-7(10)6(9)4-8/h2,6-10H,1,3-5H2/t6-,7+/m1/s1. The van der Waals surface area contributed by atoms with E-state index in [1.807, 2.05) is 0 Å². The Morgan fingerprint density at radius 2 is 2.00 bits per heavy atom. The topological polar surface area (TPSA) is 69.9 Å². The van der Waals surface area contributed by atoms with Gasteiger partial charge in [0.25, 0.3) is 0 Å². The van der Waals surface area contributed by atoms with E-state index in [2.05, 4.69) is 6.58 Å². The fourth-order valence-corrected chi connectivity index (χ4v) is 0.505.